The van der Waals surface area contributed by atoms with Gasteiger partial charge < -0.3 is 4.84 Å². The van der Waals surface area contributed by atoms with Gasteiger partial charge in [-0.1, -0.05) is 6.07 Å². The van der Waals surface area contributed by atoms with E-state index in [2.05, 4.69) is 4.84 Å². The van der Waals surface area contributed by atoms with Crippen LogP contribution < -0.4 is 0 Å². The second-order valence-electron chi connectivity index (χ2n) is 4.53. The number of rotatable bonds is 3. The van der Waals surface area contributed by atoms with E-state index in [1.165, 1.54) is 0 Å². The molecule has 118 valence electrons. The number of imide groups is 1. The van der Waals surface area contributed by atoms with E-state index in [4.69, 9.17) is 0 Å². The van der Waals surface area contributed by atoms with Gasteiger partial charge in [0.2, 0.25) is 0 Å². The Morgan fingerprint density at radius 2 is 1.77 bits per heavy atom. The van der Waals surface area contributed by atoms with Crippen LogP contribution in [0.1, 0.15) is 24.0 Å². The molecule has 2 rings (SSSR count). The van der Waals surface area contributed by atoms with Crippen molar-refractivity contribution >= 4 is 17.8 Å². The lowest BCUT2D eigenvalue weighted by Gasteiger charge is -2.13. The fourth-order valence-corrected chi connectivity index (χ4v) is 1.86. The highest BCUT2D eigenvalue weighted by molar-refractivity contribution is 6.01. The predicted octanol–water partition coefficient (Wildman–Crippen LogP) is 1.99. The molecule has 0 unspecified atom stereocenters. The first-order valence-electron chi connectivity index (χ1n) is 6.10. The maximum Gasteiger partial charge on any atom is 0.419 e. The zero-order valence-electron chi connectivity index (χ0n) is 10.9. The third kappa shape index (κ3) is 3.41. The SMILES string of the molecule is O=C(Cc1ccc(F)c(C(F)(F)F)c1)ON1C(=O)CCC1=O. The minimum atomic E-state index is -4.90. The van der Waals surface area contributed by atoms with Crippen molar-refractivity contribution in [1.29, 1.82) is 0 Å². The van der Waals surface area contributed by atoms with Crippen LogP contribution in [0.3, 0.4) is 0 Å². The summed E-state index contributed by atoms with van der Waals surface area (Å²) in [5, 5.41) is 0.288. The minimum Gasteiger partial charge on any atom is -0.330 e. The van der Waals surface area contributed by atoms with Crippen LogP contribution in [0.25, 0.3) is 0 Å². The van der Waals surface area contributed by atoms with Crippen molar-refractivity contribution in [3.8, 4) is 0 Å². The molecule has 1 aliphatic rings. The second kappa shape index (κ2) is 5.74. The normalized spacial score (nSPS) is 15.4. The largest absolute Gasteiger partial charge is 0.419 e. The van der Waals surface area contributed by atoms with Gasteiger partial charge >= 0.3 is 12.1 Å². The van der Waals surface area contributed by atoms with E-state index >= 15 is 0 Å². The van der Waals surface area contributed by atoms with Gasteiger partial charge in [0, 0.05) is 12.8 Å². The van der Waals surface area contributed by atoms with E-state index in [1.54, 1.807) is 0 Å². The van der Waals surface area contributed by atoms with Crippen molar-refractivity contribution in [2.24, 2.45) is 0 Å². The van der Waals surface area contributed by atoms with Gasteiger partial charge in [-0.05, 0) is 17.7 Å². The molecule has 9 heteroatoms. The molecular weight excluding hydrogens is 310 g/mol. The van der Waals surface area contributed by atoms with E-state index in [0.717, 1.165) is 6.07 Å². The summed E-state index contributed by atoms with van der Waals surface area (Å²) in [5.74, 6) is -3.96. The average Bonchev–Trinajstić information content (AvgIpc) is 2.71. The van der Waals surface area contributed by atoms with Crippen LogP contribution in [0, 0.1) is 5.82 Å². The van der Waals surface area contributed by atoms with E-state index in [0.29, 0.717) is 12.1 Å². The summed E-state index contributed by atoms with van der Waals surface area (Å²) in [4.78, 5) is 38.5. The molecule has 1 aliphatic heterocycles. The molecule has 0 aromatic heterocycles. The number of carbonyl (C=O) groups excluding carboxylic acids is 3. The Bertz CT molecular complexity index is 625. The number of amides is 2. The molecule has 22 heavy (non-hydrogen) atoms. The van der Waals surface area contributed by atoms with Crippen molar-refractivity contribution in [2.45, 2.75) is 25.4 Å². The zero-order chi connectivity index (χ0) is 16.5. The quantitative estimate of drug-likeness (QED) is 0.631. The Balaban J connectivity index is 2.09. The second-order valence-corrected chi connectivity index (χ2v) is 4.53. The first kappa shape index (κ1) is 15.9. The maximum absolute atomic E-state index is 13.1. The number of nitrogens with zero attached hydrogens (tertiary/aromatic N) is 1. The molecule has 2 amide bonds. The number of benzene rings is 1. The number of hydrogen-bond acceptors (Lipinski definition) is 4. The molecule has 0 bridgehead atoms. The third-order valence-electron chi connectivity index (χ3n) is 2.88. The zero-order valence-corrected chi connectivity index (χ0v) is 10.9. The lowest BCUT2D eigenvalue weighted by Crippen LogP contribution is -2.32. The molecule has 1 fully saturated rings. The molecule has 0 spiro atoms. The molecular formula is C13H9F4NO4. The summed E-state index contributed by atoms with van der Waals surface area (Å²) in [7, 11) is 0. The van der Waals surface area contributed by atoms with Crippen LogP contribution in [-0.2, 0) is 31.8 Å². The Morgan fingerprint density at radius 1 is 1.18 bits per heavy atom. The molecule has 1 saturated heterocycles. The fraction of sp³-hybridized carbons (Fsp3) is 0.308. The summed E-state index contributed by atoms with van der Waals surface area (Å²) in [6, 6.07) is 2.04. The Morgan fingerprint density at radius 3 is 2.32 bits per heavy atom. The van der Waals surface area contributed by atoms with Gasteiger partial charge in [0.05, 0.1) is 12.0 Å². The van der Waals surface area contributed by atoms with Gasteiger partial charge in [0.25, 0.3) is 11.8 Å². The highest BCUT2D eigenvalue weighted by atomic mass is 19.4. The van der Waals surface area contributed by atoms with Crippen molar-refractivity contribution in [3.63, 3.8) is 0 Å². The Hall–Kier alpha value is -2.45. The van der Waals surface area contributed by atoms with Crippen LogP contribution in [0.15, 0.2) is 18.2 Å². The molecule has 0 atom stereocenters. The smallest absolute Gasteiger partial charge is 0.330 e. The third-order valence-corrected chi connectivity index (χ3v) is 2.88. The molecule has 0 N–H and O–H groups in total. The number of alkyl halides is 3. The number of carbonyl (C=O) groups is 3. The molecule has 1 heterocycles. The van der Waals surface area contributed by atoms with Crippen LogP contribution in [0.4, 0.5) is 17.6 Å². The molecule has 1 aromatic carbocycles. The van der Waals surface area contributed by atoms with Crippen molar-refractivity contribution in [2.75, 3.05) is 0 Å². The molecule has 1 aromatic rings. The fourth-order valence-electron chi connectivity index (χ4n) is 1.86. The Kier molecular flexibility index (Phi) is 4.16. The van der Waals surface area contributed by atoms with Crippen molar-refractivity contribution in [1.82, 2.24) is 5.06 Å². The highest BCUT2D eigenvalue weighted by Gasteiger charge is 2.35. The monoisotopic (exact) mass is 319 g/mol. The van der Waals surface area contributed by atoms with Crippen LogP contribution in [0.2, 0.25) is 0 Å². The van der Waals surface area contributed by atoms with Crippen LogP contribution in [-0.4, -0.2) is 22.8 Å². The van der Waals surface area contributed by atoms with Crippen LogP contribution in [0.5, 0.6) is 0 Å². The van der Waals surface area contributed by atoms with E-state index < -0.39 is 41.8 Å². The topological polar surface area (TPSA) is 63.7 Å². The minimum absolute atomic E-state index is 0.0963. The lowest BCUT2D eigenvalue weighted by molar-refractivity contribution is -0.197. The van der Waals surface area contributed by atoms with Gasteiger partial charge in [0.15, 0.2) is 0 Å². The van der Waals surface area contributed by atoms with Gasteiger partial charge in [-0.2, -0.15) is 13.2 Å². The van der Waals surface area contributed by atoms with E-state index in [9.17, 15) is 31.9 Å². The highest BCUT2D eigenvalue weighted by Crippen LogP contribution is 2.32. The molecule has 0 saturated carbocycles. The summed E-state index contributed by atoms with van der Waals surface area (Å²) < 4.78 is 50.7. The summed E-state index contributed by atoms with van der Waals surface area (Å²) in [6.45, 7) is 0. The predicted molar refractivity (Wildman–Crippen MR) is 62.3 cm³/mol. The first-order valence-corrected chi connectivity index (χ1v) is 6.10. The van der Waals surface area contributed by atoms with E-state index in [-0.39, 0.29) is 23.5 Å². The average molecular weight is 319 g/mol. The molecule has 0 aliphatic carbocycles. The van der Waals surface area contributed by atoms with Gasteiger partial charge in [-0.15, -0.1) is 5.06 Å². The lowest BCUT2D eigenvalue weighted by atomic mass is 10.1. The molecule has 0 radical (unpaired) electrons. The standard InChI is InChI=1S/C13H9F4NO4/c14-9-2-1-7(5-8(9)13(15,16)17)6-12(21)22-18-10(19)3-4-11(18)20/h1-2,5H,3-4,6H2. The Labute approximate surface area is 121 Å². The summed E-state index contributed by atoms with van der Waals surface area (Å²) >= 11 is 0. The van der Waals surface area contributed by atoms with Gasteiger partial charge in [0.1, 0.15) is 5.82 Å². The van der Waals surface area contributed by atoms with Crippen molar-refractivity contribution in [3.05, 3.63) is 35.1 Å². The van der Waals surface area contributed by atoms with Gasteiger partial charge in [-0.3, -0.25) is 9.59 Å². The summed E-state index contributed by atoms with van der Waals surface area (Å²) in [6.07, 6.45) is -5.73. The maximum atomic E-state index is 13.1. The number of halogens is 4. The summed E-state index contributed by atoms with van der Waals surface area (Å²) in [5.41, 5.74) is -1.66. The number of hydrogen-bond donors (Lipinski definition) is 0. The molecule has 5 nitrogen and oxygen atoms in total. The van der Waals surface area contributed by atoms with Gasteiger partial charge in [-0.25, -0.2) is 9.18 Å². The van der Waals surface area contributed by atoms with Crippen LogP contribution >= 0.6 is 0 Å². The first-order chi connectivity index (χ1) is 10.2. The van der Waals surface area contributed by atoms with Crippen molar-refractivity contribution < 1.29 is 36.8 Å². The van der Waals surface area contributed by atoms with E-state index in [1.807, 2.05) is 0 Å². The number of hydroxylamine groups is 2.